The lowest BCUT2D eigenvalue weighted by molar-refractivity contribution is -0.288. The Labute approximate surface area is 314 Å². The van der Waals surface area contributed by atoms with Crippen molar-refractivity contribution >= 4 is 25.5 Å². The van der Waals surface area contributed by atoms with E-state index in [1.54, 1.807) is 6.20 Å². The third kappa shape index (κ3) is 11.8. The second-order valence-electron chi connectivity index (χ2n) is 13.5. The van der Waals surface area contributed by atoms with E-state index < -0.39 is 106 Å². The number of hydrogen-bond acceptors (Lipinski definition) is 18. The van der Waals surface area contributed by atoms with Gasteiger partial charge in [0, 0.05) is 32.3 Å². The lowest BCUT2D eigenvalue weighted by atomic mass is 9.88. The Bertz CT molecular complexity index is 1680. The minimum atomic E-state index is -5.56. The van der Waals surface area contributed by atoms with Crippen LogP contribution in [0.1, 0.15) is 70.2 Å². The van der Waals surface area contributed by atoms with Gasteiger partial charge in [0.05, 0.1) is 31.0 Å². The van der Waals surface area contributed by atoms with E-state index in [2.05, 4.69) is 20.6 Å². The first-order valence-corrected chi connectivity index (χ1v) is 19.2. The molecule has 0 radical (unpaired) electrons. The summed E-state index contributed by atoms with van der Waals surface area (Å²) in [5.41, 5.74) is 5.13. The quantitative estimate of drug-likeness (QED) is 0.0453. The standard InChI is InChI=1S/C31H50N7O16P/c1-17(40)33-23-19(41)13-31(29(46)47,54-55(49,50)51-16-21-25(44)26(45)28(52-21)38-11-10-22(32)34-30(38)48)53-27(23)24(43)20(42)15-37-14-18(35-36-37)9-7-5-3-2-4-6-8-12-39/h10-11,14,19-21,23-28,39,41-45H,2-9,12-13,15-16H2,1H3,(H,33,40)(H,46,47)(H,49,50)(H2,32,34,48)/t19-,20+,21+,23+,24+,25+,26+,27+,28+,31+/m0/s1. The number of carboxylic acids is 1. The fourth-order valence-electron chi connectivity index (χ4n) is 6.35. The molecular weight excluding hydrogens is 757 g/mol. The number of aliphatic hydroxyl groups is 6. The van der Waals surface area contributed by atoms with E-state index in [1.807, 2.05) is 0 Å². The van der Waals surface area contributed by atoms with Gasteiger partial charge in [0.1, 0.15) is 42.4 Å². The van der Waals surface area contributed by atoms with Crippen molar-refractivity contribution in [2.24, 2.45) is 0 Å². The van der Waals surface area contributed by atoms with Crippen molar-refractivity contribution in [3.8, 4) is 0 Å². The number of phosphoric ester groups is 1. The molecule has 0 bridgehead atoms. The zero-order valence-electron chi connectivity index (χ0n) is 30.0. The van der Waals surface area contributed by atoms with Crippen LogP contribution in [0.15, 0.2) is 23.3 Å². The third-order valence-corrected chi connectivity index (χ3v) is 10.2. The van der Waals surface area contributed by atoms with Gasteiger partial charge < -0.3 is 61.2 Å². The number of carboxylic acid groups (broad SMARTS) is 1. The molecule has 0 saturated carbocycles. The van der Waals surface area contributed by atoms with Crippen LogP contribution in [0.2, 0.25) is 0 Å². The summed E-state index contributed by atoms with van der Waals surface area (Å²) in [5, 5.41) is 83.6. The molecule has 310 valence electrons. The molecule has 2 fully saturated rings. The highest BCUT2D eigenvalue weighted by Crippen LogP contribution is 2.51. The zero-order valence-corrected chi connectivity index (χ0v) is 30.9. The number of nitrogen functional groups attached to an aromatic ring is 1. The zero-order chi connectivity index (χ0) is 40.5. The lowest BCUT2D eigenvalue weighted by Gasteiger charge is -2.46. The molecule has 23 nitrogen and oxygen atoms in total. The molecule has 1 unspecified atom stereocenters. The van der Waals surface area contributed by atoms with Gasteiger partial charge in [-0.1, -0.05) is 37.3 Å². The summed E-state index contributed by atoms with van der Waals surface area (Å²) >= 11 is 0. The Kier molecular flexibility index (Phi) is 15.8. The predicted octanol–water partition coefficient (Wildman–Crippen LogP) is -2.71. The molecule has 0 aromatic carbocycles. The number of amides is 1. The molecular formula is C31H50N7O16P. The Balaban J connectivity index is 1.41. The first kappa shape index (κ1) is 44.3. The van der Waals surface area contributed by atoms with Crippen LogP contribution >= 0.6 is 7.82 Å². The van der Waals surface area contributed by atoms with Gasteiger partial charge >= 0.3 is 19.5 Å². The largest absolute Gasteiger partial charge is 0.477 e. The van der Waals surface area contributed by atoms with Crippen molar-refractivity contribution in [3.63, 3.8) is 0 Å². The Hall–Kier alpha value is -3.45. The first-order valence-electron chi connectivity index (χ1n) is 17.7. The number of anilines is 1. The SMILES string of the molecule is CC(=O)N[C@H]1[C@H]([C@H](O)[C@H](O)Cn2cc(CCCCCCCCCO)nn2)O[C@](OP(=O)(O)OC[C@H]2O[C@@H](n3ccc(N)nc3=O)[C@H](O)[C@@H]2O)(C(=O)O)C[C@@H]1O. The van der Waals surface area contributed by atoms with Crippen LogP contribution in [-0.2, 0) is 45.6 Å². The number of nitrogens with one attached hydrogen (secondary N) is 1. The van der Waals surface area contributed by atoms with E-state index in [0.29, 0.717) is 12.1 Å². The van der Waals surface area contributed by atoms with Crippen LogP contribution in [-0.4, -0.2) is 145 Å². The van der Waals surface area contributed by atoms with E-state index in [1.165, 1.54) is 10.7 Å². The van der Waals surface area contributed by atoms with E-state index in [-0.39, 0.29) is 12.4 Å². The molecule has 24 heteroatoms. The van der Waals surface area contributed by atoms with Crippen molar-refractivity contribution in [2.45, 2.75) is 132 Å². The average Bonchev–Trinajstić information content (AvgIpc) is 3.67. The van der Waals surface area contributed by atoms with Gasteiger partial charge in [-0.05, 0) is 25.3 Å². The van der Waals surface area contributed by atoms with E-state index in [4.69, 9.17) is 29.4 Å². The highest BCUT2D eigenvalue weighted by Gasteiger charge is 2.59. The molecule has 4 rings (SSSR count). The fourth-order valence-corrected chi connectivity index (χ4v) is 7.31. The molecule has 4 heterocycles. The highest BCUT2D eigenvalue weighted by atomic mass is 31.2. The molecule has 1 amide bonds. The maximum atomic E-state index is 13.2. The van der Waals surface area contributed by atoms with Gasteiger partial charge in [-0.15, -0.1) is 5.10 Å². The molecule has 55 heavy (non-hydrogen) atoms. The molecule has 2 aromatic heterocycles. The topological polar surface area (TPSA) is 354 Å². The number of carbonyl (C=O) groups excluding carboxylic acids is 1. The fraction of sp³-hybridized carbons (Fsp3) is 0.742. The maximum Gasteiger partial charge on any atom is 0.475 e. The summed E-state index contributed by atoms with van der Waals surface area (Å²) in [4.78, 5) is 51.0. The normalized spacial score (nSPS) is 29.1. The molecule has 2 aliphatic rings. The van der Waals surface area contributed by atoms with Crippen LogP contribution in [0.4, 0.5) is 5.82 Å². The molecule has 11 atom stereocenters. The van der Waals surface area contributed by atoms with Gasteiger partial charge in [0.15, 0.2) is 6.23 Å². The van der Waals surface area contributed by atoms with E-state index >= 15 is 0 Å². The van der Waals surface area contributed by atoms with Gasteiger partial charge in [-0.3, -0.25) is 13.9 Å². The second kappa shape index (κ2) is 19.6. The number of phosphoric acid groups is 1. The molecule has 11 N–H and O–H groups in total. The third-order valence-electron chi connectivity index (χ3n) is 9.18. The molecule has 0 aliphatic carbocycles. The van der Waals surface area contributed by atoms with Gasteiger partial charge in [-0.25, -0.2) is 23.4 Å². The number of ether oxygens (including phenoxy) is 2. The number of aliphatic carboxylic acids is 1. The minimum Gasteiger partial charge on any atom is -0.477 e. The number of carbonyl (C=O) groups is 2. The van der Waals surface area contributed by atoms with Crippen LogP contribution in [0.5, 0.6) is 0 Å². The van der Waals surface area contributed by atoms with Crippen LogP contribution in [0.25, 0.3) is 0 Å². The van der Waals surface area contributed by atoms with Crippen molar-refractivity contribution in [3.05, 3.63) is 34.6 Å². The molecule has 2 aromatic rings. The second-order valence-corrected chi connectivity index (χ2v) is 14.9. The summed E-state index contributed by atoms with van der Waals surface area (Å²) in [6, 6.07) is -0.342. The maximum absolute atomic E-state index is 13.2. The summed E-state index contributed by atoms with van der Waals surface area (Å²) in [7, 11) is -5.56. The molecule has 2 saturated heterocycles. The van der Waals surface area contributed by atoms with Crippen LogP contribution in [0.3, 0.4) is 0 Å². The molecule has 2 aliphatic heterocycles. The average molecular weight is 808 g/mol. The number of nitrogens with two attached hydrogens (primary N) is 1. The number of aryl methyl sites for hydroxylation is 1. The van der Waals surface area contributed by atoms with Crippen molar-refractivity contribution < 1.29 is 73.3 Å². The highest BCUT2D eigenvalue weighted by molar-refractivity contribution is 7.47. The Morgan fingerprint density at radius 2 is 1.80 bits per heavy atom. The number of nitrogens with zero attached hydrogens (tertiary/aromatic N) is 5. The Morgan fingerprint density at radius 1 is 1.13 bits per heavy atom. The van der Waals surface area contributed by atoms with E-state index in [9.17, 15) is 54.5 Å². The van der Waals surface area contributed by atoms with Gasteiger partial charge in [0.2, 0.25) is 5.91 Å². The number of rotatable bonds is 21. The summed E-state index contributed by atoms with van der Waals surface area (Å²) in [6.07, 6.45) is -5.59. The first-order chi connectivity index (χ1) is 26.0. The van der Waals surface area contributed by atoms with Crippen molar-refractivity contribution in [2.75, 3.05) is 18.9 Å². The summed E-state index contributed by atoms with van der Waals surface area (Å²) in [6.45, 7) is -0.167. The smallest absolute Gasteiger partial charge is 0.475 e. The number of aliphatic hydroxyl groups excluding tert-OH is 6. The van der Waals surface area contributed by atoms with Crippen LogP contribution in [0, 0.1) is 0 Å². The number of hydrogen-bond donors (Lipinski definition) is 10. The minimum absolute atomic E-state index is 0.133. The van der Waals surface area contributed by atoms with E-state index in [0.717, 1.165) is 62.6 Å². The van der Waals surface area contributed by atoms with Gasteiger partial charge in [0.25, 0.3) is 5.79 Å². The van der Waals surface area contributed by atoms with Crippen LogP contribution < -0.4 is 16.7 Å². The van der Waals surface area contributed by atoms with Crippen molar-refractivity contribution in [1.29, 1.82) is 0 Å². The number of aromatic nitrogens is 5. The Morgan fingerprint density at radius 3 is 2.44 bits per heavy atom. The molecule has 0 spiro atoms. The summed E-state index contributed by atoms with van der Waals surface area (Å²) < 4.78 is 36.0. The monoisotopic (exact) mass is 807 g/mol. The number of unbranched alkanes of at least 4 members (excludes halogenated alkanes) is 6. The van der Waals surface area contributed by atoms with Crippen molar-refractivity contribution in [1.82, 2.24) is 29.9 Å². The lowest BCUT2D eigenvalue weighted by Crippen LogP contribution is -2.67. The predicted molar refractivity (Wildman–Crippen MR) is 184 cm³/mol. The van der Waals surface area contributed by atoms with Gasteiger partial charge in [-0.2, -0.15) is 4.98 Å². The summed E-state index contributed by atoms with van der Waals surface area (Å²) in [5.74, 6) is -6.15.